The van der Waals surface area contributed by atoms with Crippen molar-refractivity contribution < 1.29 is 9.90 Å². The molecule has 0 aromatic carbocycles. The molecule has 0 saturated heterocycles. The Kier molecular flexibility index (Phi) is 3.78. The van der Waals surface area contributed by atoms with Gasteiger partial charge >= 0.3 is 5.97 Å². The second-order valence-corrected chi connectivity index (χ2v) is 6.25. The lowest BCUT2D eigenvalue weighted by Crippen LogP contribution is -2.10. The molecule has 1 N–H and O–H groups in total. The maximum atomic E-state index is 10.9. The Hall–Kier alpha value is -0.0400. The van der Waals surface area contributed by atoms with Crippen LogP contribution in [0.4, 0.5) is 0 Å². The number of carboxylic acid groups (broad SMARTS) is 1. The van der Waals surface area contributed by atoms with E-state index in [-0.39, 0.29) is 9.77 Å². The van der Waals surface area contributed by atoms with E-state index in [1.165, 1.54) is 10.3 Å². The lowest BCUT2D eigenvalue weighted by Gasteiger charge is -2.02. The summed E-state index contributed by atoms with van der Waals surface area (Å²) in [5.41, 5.74) is 0. The predicted octanol–water partition coefficient (Wildman–Crippen LogP) is 2.39. The van der Waals surface area contributed by atoms with Crippen molar-refractivity contribution in [2.45, 2.75) is 16.4 Å². The largest absolute Gasteiger partial charge is 0.480 e. The van der Waals surface area contributed by atoms with Gasteiger partial charge in [-0.1, -0.05) is 33.7 Å². The molecule has 0 aliphatic carbocycles. The van der Waals surface area contributed by atoms with E-state index in [2.05, 4.69) is 0 Å². The number of hydrogen-bond donors (Lipinski definition) is 1. The monoisotopic (exact) mass is 256 g/mol. The molecular weight excluding hydrogens is 252 g/mol. The summed E-state index contributed by atoms with van der Waals surface area (Å²) < 4.78 is 0.387. The van der Waals surface area contributed by atoms with Gasteiger partial charge in [-0.05, 0) is 17.3 Å². The molecule has 0 spiro atoms. The number of hydrogen-bond acceptors (Lipinski definition) is 5. The van der Waals surface area contributed by atoms with Crippen LogP contribution in [0.5, 0.6) is 0 Å². The predicted molar refractivity (Wildman–Crippen MR) is 56.4 cm³/mol. The smallest absolute Gasteiger partial charge is 0.316 e. The maximum absolute atomic E-state index is 10.9. The Morgan fingerprint density at radius 2 is 2.23 bits per heavy atom. The highest BCUT2D eigenvalue weighted by molar-refractivity contribution is 8.04. The highest BCUT2D eigenvalue weighted by Crippen LogP contribution is 2.34. The van der Waals surface area contributed by atoms with Crippen molar-refractivity contribution in [3.63, 3.8) is 0 Å². The van der Waals surface area contributed by atoms with Gasteiger partial charge in [0.1, 0.15) is 10.3 Å². The van der Waals surface area contributed by atoms with E-state index in [9.17, 15) is 9.59 Å². The van der Waals surface area contributed by atoms with Crippen LogP contribution >= 0.6 is 44.0 Å². The zero-order valence-corrected chi connectivity index (χ0v) is 9.65. The second kappa shape index (κ2) is 4.45. The van der Waals surface area contributed by atoms with E-state index in [1.807, 2.05) is 0 Å². The van der Waals surface area contributed by atoms with E-state index in [4.69, 9.17) is 16.7 Å². The van der Waals surface area contributed by atoms with Crippen LogP contribution in [0.15, 0.2) is 9.00 Å². The van der Waals surface area contributed by atoms with Gasteiger partial charge in [-0.2, -0.15) is 0 Å². The molecule has 1 rings (SSSR count). The van der Waals surface area contributed by atoms with Gasteiger partial charge in [-0.15, -0.1) is 0 Å². The molecule has 1 atom stereocenters. The van der Waals surface area contributed by atoms with E-state index in [0.717, 1.165) is 22.1 Å². The molecule has 72 valence electrons. The normalized spacial score (nSPS) is 12.8. The summed E-state index contributed by atoms with van der Waals surface area (Å²) in [5.74, 6) is -0.910. The van der Waals surface area contributed by atoms with Crippen molar-refractivity contribution in [2.24, 2.45) is 0 Å². The Labute approximate surface area is 90.7 Å². The molecule has 0 amide bonds. The quantitative estimate of drug-likeness (QED) is 0.667. The van der Waals surface area contributed by atoms with Crippen molar-refractivity contribution >= 4 is 50.0 Å². The molecule has 1 aromatic rings. The summed E-state index contributed by atoms with van der Waals surface area (Å²) in [5, 5.41) is 8.17. The van der Waals surface area contributed by atoms with Crippen molar-refractivity contribution in [3.05, 3.63) is 14.6 Å². The van der Waals surface area contributed by atoms with Gasteiger partial charge in [0.05, 0.1) is 4.21 Å². The molecule has 0 aliphatic rings. The Morgan fingerprint density at radius 3 is 2.62 bits per heavy atom. The summed E-state index contributed by atoms with van der Waals surface area (Å²) in [7, 11) is 2.24. The van der Waals surface area contributed by atoms with Crippen LogP contribution in [0.1, 0.15) is 6.92 Å². The molecule has 1 aromatic heterocycles. The summed E-state index contributed by atoms with van der Waals surface area (Å²) in [6.07, 6.45) is 0. The first-order chi connectivity index (χ1) is 6.02. The molecule has 0 bridgehead atoms. The molecule has 13 heavy (non-hydrogen) atoms. The third-order valence-electron chi connectivity index (χ3n) is 1.18. The van der Waals surface area contributed by atoms with Crippen LogP contribution in [-0.4, -0.2) is 16.3 Å². The highest BCUT2D eigenvalue weighted by atomic mass is 35.5. The summed E-state index contributed by atoms with van der Waals surface area (Å²) >= 11 is 6.75. The standard InChI is InChI=1S/C6H5ClO3S3/c1-2(4(8)9)11-6-3(7)5(10)12-13-6/h2H,1H3,(H,8,9)/t2-/m0/s1. The molecular formula is C6H5ClO3S3. The van der Waals surface area contributed by atoms with Crippen LogP contribution in [0.2, 0.25) is 5.02 Å². The van der Waals surface area contributed by atoms with Crippen molar-refractivity contribution in [1.82, 2.24) is 0 Å². The van der Waals surface area contributed by atoms with E-state index < -0.39 is 11.2 Å². The summed E-state index contributed by atoms with van der Waals surface area (Å²) in [4.78, 5) is 21.4. The van der Waals surface area contributed by atoms with Gasteiger partial charge in [-0.25, -0.2) is 0 Å². The second-order valence-electron chi connectivity index (χ2n) is 2.15. The minimum absolute atomic E-state index is 0.146. The SMILES string of the molecule is C[C@H](Sc1ssc(=O)c1Cl)C(=O)O. The first-order valence-electron chi connectivity index (χ1n) is 3.20. The molecule has 0 aliphatic heterocycles. The maximum Gasteiger partial charge on any atom is 0.316 e. The van der Waals surface area contributed by atoms with E-state index in [1.54, 1.807) is 6.92 Å². The molecule has 0 radical (unpaired) electrons. The number of carbonyl (C=O) groups is 1. The van der Waals surface area contributed by atoms with Gasteiger partial charge in [-0.3, -0.25) is 9.59 Å². The summed E-state index contributed by atoms with van der Waals surface area (Å²) in [6, 6.07) is 0. The lowest BCUT2D eigenvalue weighted by atomic mass is 10.5. The average molecular weight is 257 g/mol. The molecule has 7 heteroatoms. The topological polar surface area (TPSA) is 54.4 Å². The van der Waals surface area contributed by atoms with Crippen LogP contribution in [0, 0.1) is 0 Å². The Morgan fingerprint density at radius 1 is 1.62 bits per heavy atom. The fourth-order valence-corrected chi connectivity index (χ4v) is 4.60. The van der Waals surface area contributed by atoms with E-state index >= 15 is 0 Å². The average Bonchev–Trinajstić information content (AvgIpc) is 2.36. The van der Waals surface area contributed by atoms with Crippen LogP contribution in [0.25, 0.3) is 0 Å². The van der Waals surface area contributed by atoms with Crippen molar-refractivity contribution in [1.29, 1.82) is 0 Å². The van der Waals surface area contributed by atoms with Crippen LogP contribution in [-0.2, 0) is 4.79 Å². The third kappa shape index (κ3) is 2.70. The number of carboxylic acids is 1. The van der Waals surface area contributed by atoms with Crippen LogP contribution < -0.4 is 4.74 Å². The first kappa shape index (κ1) is 11.0. The Bertz CT molecular complexity index is 369. The highest BCUT2D eigenvalue weighted by Gasteiger charge is 2.17. The Balaban J connectivity index is 2.80. The minimum atomic E-state index is -0.910. The van der Waals surface area contributed by atoms with Crippen molar-refractivity contribution in [2.75, 3.05) is 0 Å². The molecule has 0 unspecified atom stereocenters. The molecule has 1 heterocycles. The fourth-order valence-electron chi connectivity index (χ4n) is 0.515. The molecule has 3 nitrogen and oxygen atoms in total. The minimum Gasteiger partial charge on any atom is -0.480 e. The third-order valence-corrected chi connectivity index (χ3v) is 5.71. The fraction of sp³-hybridized carbons (Fsp3) is 0.333. The number of halogens is 1. The van der Waals surface area contributed by atoms with Gasteiger partial charge in [0.2, 0.25) is 0 Å². The molecule has 0 saturated carbocycles. The zero-order valence-electron chi connectivity index (χ0n) is 6.44. The van der Waals surface area contributed by atoms with E-state index in [0.29, 0.717) is 4.21 Å². The van der Waals surface area contributed by atoms with Crippen LogP contribution in [0.3, 0.4) is 0 Å². The molecule has 0 fully saturated rings. The van der Waals surface area contributed by atoms with Crippen molar-refractivity contribution in [3.8, 4) is 0 Å². The number of thioether (sulfide) groups is 1. The first-order valence-corrected chi connectivity index (χ1v) is 6.61. The number of aliphatic carboxylic acids is 1. The lowest BCUT2D eigenvalue weighted by molar-refractivity contribution is -0.136. The number of rotatable bonds is 3. The summed E-state index contributed by atoms with van der Waals surface area (Å²) in [6.45, 7) is 1.55. The van der Waals surface area contributed by atoms with Gasteiger partial charge in [0, 0.05) is 0 Å². The zero-order chi connectivity index (χ0) is 10.0. The van der Waals surface area contributed by atoms with Gasteiger partial charge < -0.3 is 5.11 Å². The van der Waals surface area contributed by atoms with Gasteiger partial charge in [0.15, 0.2) is 0 Å². The van der Waals surface area contributed by atoms with Gasteiger partial charge in [0.25, 0.3) is 4.74 Å².